The van der Waals surface area contributed by atoms with E-state index in [2.05, 4.69) is 25.2 Å². The summed E-state index contributed by atoms with van der Waals surface area (Å²) in [4.78, 5) is 11.4. The van der Waals surface area contributed by atoms with E-state index in [0.29, 0.717) is 12.2 Å². The molecular formula is C20H21NO4. The van der Waals surface area contributed by atoms with Gasteiger partial charge in [-0.1, -0.05) is 26.0 Å². The largest absolute Gasteiger partial charge is 0.496 e. The van der Waals surface area contributed by atoms with Gasteiger partial charge in [0.15, 0.2) is 0 Å². The zero-order chi connectivity index (χ0) is 17.8. The molecule has 2 aromatic rings. The van der Waals surface area contributed by atoms with Gasteiger partial charge in [-0.25, -0.2) is 4.79 Å². The molecule has 0 spiro atoms. The summed E-state index contributed by atoms with van der Waals surface area (Å²) in [6, 6.07) is 11.2. The number of methoxy groups -OCH3 is 1. The Bertz CT molecular complexity index is 845. The van der Waals surface area contributed by atoms with Crippen LogP contribution >= 0.6 is 0 Å². The monoisotopic (exact) mass is 339 g/mol. The van der Waals surface area contributed by atoms with Crippen LogP contribution in [0.15, 0.2) is 36.4 Å². The normalized spacial score (nSPS) is 22.8. The fraction of sp³-hybridized carbons (Fsp3) is 0.350. The zero-order valence-electron chi connectivity index (χ0n) is 14.5. The first kappa shape index (κ1) is 16.0. The summed E-state index contributed by atoms with van der Waals surface area (Å²) in [7, 11) is 1.68. The number of aromatic carboxylic acids is 1. The Morgan fingerprint density at radius 1 is 1.32 bits per heavy atom. The van der Waals surface area contributed by atoms with Crippen LogP contribution in [0, 0.1) is 0 Å². The highest BCUT2D eigenvalue weighted by Gasteiger charge is 2.47. The number of nitrogens with one attached hydrogen (secondary N) is 1. The fourth-order valence-corrected chi connectivity index (χ4v) is 4.10. The summed E-state index contributed by atoms with van der Waals surface area (Å²) >= 11 is 0. The van der Waals surface area contributed by atoms with Crippen molar-refractivity contribution in [1.82, 2.24) is 0 Å². The molecule has 0 unspecified atom stereocenters. The summed E-state index contributed by atoms with van der Waals surface area (Å²) in [5, 5.41) is 12.9. The van der Waals surface area contributed by atoms with Gasteiger partial charge in [0.05, 0.1) is 31.4 Å². The van der Waals surface area contributed by atoms with Crippen LogP contribution < -0.4 is 10.1 Å². The number of benzene rings is 2. The van der Waals surface area contributed by atoms with Crippen LogP contribution in [0.2, 0.25) is 0 Å². The molecule has 2 N–H and O–H groups in total. The van der Waals surface area contributed by atoms with E-state index in [4.69, 9.17) is 9.47 Å². The number of ether oxygens (including phenoxy) is 2. The van der Waals surface area contributed by atoms with Crippen LogP contribution in [0.3, 0.4) is 0 Å². The molecule has 5 nitrogen and oxygen atoms in total. The lowest BCUT2D eigenvalue weighted by Crippen LogP contribution is -2.49. The number of rotatable bonds is 2. The van der Waals surface area contributed by atoms with Gasteiger partial charge in [-0.05, 0) is 35.4 Å². The molecule has 2 aliphatic heterocycles. The summed E-state index contributed by atoms with van der Waals surface area (Å²) in [5.41, 5.74) is 4.11. The van der Waals surface area contributed by atoms with Gasteiger partial charge in [0.25, 0.3) is 0 Å². The van der Waals surface area contributed by atoms with Gasteiger partial charge in [-0.3, -0.25) is 0 Å². The Hall–Kier alpha value is -2.53. The molecule has 0 aliphatic carbocycles. The number of carboxylic acids is 1. The molecule has 0 bridgehead atoms. The van der Waals surface area contributed by atoms with Crippen LogP contribution in [0.25, 0.3) is 0 Å². The lowest BCUT2D eigenvalue weighted by molar-refractivity contribution is -0.0330. The van der Waals surface area contributed by atoms with Crippen LogP contribution in [0.1, 0.15) is 46.9 Å². The summed E-state index contributed by atoms with van der Waals surface area (Å²) in [6.45, 7) is 4.74. The fourth-order valence-electron chi connectivity index (χ4n) is 4.10. The van der Waals surface area contributed by atoms with E-state index < -0.39 is 5.97 Å². The van der Waals surface area contributed by atoms with Crippen molar-refractivity contribution >= 4 is 11.7 Å². The minimum absolute atomic E-state index is 0.0434. The first-order valence-electron chi connectivity index (χ1n) is 8.35. The minimum atomic E-state index is -0.919. The minimum Gasteiger partial charge on any atom is -0.496 e. The number of fused-ring (bicyclic) bond motifs is 4. The van der Waals surface area contributed by atoms with Gasteiger partial charge >= 0.3 is 5.97 Å². The molecule has 0 radical (unpaired) electrons. The van der Waals surface area contributed by atoms with Crippen LogP contribution in [0.4, 0.5) is 5.69 Å². The Balaban J connectivity index is 1.87. The second kappa shape index (κ2) is 5.49. The molecule has 0 aromatic heterocycles. The van der Waals surface area contributed by atoms with E-state index in [1.54, 1.807) is 19.2 Å². The van der Waals surface area contributed by atoms with E-state index in [1.165, 1.54) is 0 Å². The highest BCUT2D eigenvalue weighted by molar-refractivity contribution is 5.89. The van der Waals surface area contributed by atoms with Gasteiger partial charge in [-0.15, -0.1) is 0 Å². The maximum atomic E-state index is 11.4. The van der Waals surface area contributed by atoms with E-state index in [0.717, 1.165) is 28.1 Å². The molecule has 2 aliphatic rings. The molecule has 2 atom stereocenters. The van der Waals surface area contributed by atoms with Gasteiger partial charge in [0.2, 0.25) is 0 Å². The molecule has 2 heterocycles. The molecule has 5 heteroatoms. The lowest BCUT2D eigenvalue weighted by atomic mass is 9.69. The van der Waals surface area contributed by atoms with Crippen molar-refractivity contribution in [1.29, 1.82) is 0 Å². The second-order valence-corrected chi connectivity index (χ2v) is 7.17. The van der Waals surface area contributed by atoms with Gasteiger partial charge in [0, 0.05) is 16.7 Å². The summed E-state index contributed by atoms with van der Waals surface area (Å²) < 4.78 is 11.8. The summed E-state index contributed by atoms with van der Waals surface area (Å²) in [5.74, 6) is -0.0676. The Morgan fingerprint density at radius 3 is 2.84 bits per heavy atom. The van der Waals surface area contributed by atoms with Crippen molar-refractivity contribution in [2.45, 2.75) is 38.0 Å². The van der Waals surface area contributed by atoms with E-state index in [9.17, 15) is 9.90 Å². The van der Waals surface area contributed by atoms with Crippen molar-refractivity contribution < 1.29 is 19.4 Å². The number of hydrogen-bond acceptors (Lipinski definition) is 4. The topological polar surface area (TPSA) is 67.8 Å². The van der Waals surface area contributed by atoms with Gasteiger partial charge in [0.1, 0.15) is 5.75 Å². The molecule has 0 amide bonds. The Kier molecular flexibility index (Phi) is 3.51. The maximum Gasteiger partial charge on any atom is 0.335 e. The zero-order valence-corrected chi connectivity index (χ0v) is 14.5. The van der Waals surface area contributed by atoms with Crippen LogP contribution in [-0.4, -0.2) is 24.3 Å². The van der Waals surface area contributed by atoms with E-state index in [1.807, 2.05) is 18.2 Å². The van der Waals surface area contributed by atoms with Crippen molar-refractivity contribution in [3.63, 3.8) is 0 Å². The first-order chi connectivity index (χ1) is 11.9. The third-order valence-electron chi connectivity index (χ3n) is 5.39. The predicted molar refractivity (Wildman–Crippen MR) is 94.4 cm³/mol. The van der Waals surface area contributed by atoms with Crippen LogP contribution in [0.5, 0.6) is 5.75 Å². The van der Waals surface area contributed by atoms with E-state index in [-0.39, 0.29) is 17.6 Å². The van der Waals surface area contributed by atoms with Crippen molar-refractivity contribution in [2.24, 2.45) is 0 Å². The predicted octanol–water partition coefficient (Wildman–Crippen LogP) is 3.74. The maximum absolute atomic E-state index is 11.4. The number of carboxylic acid groups (broad SMARTS) is 1. The number of anilines is 1. The highest BCUT2D eigenvalue weighted by atomic mass is 16.5. The second-order valence-electron chi connectivity index (χ2n) is 7.17. The third kappa shape index (κ3) is 2.30. The number of hydrogen-bond donors (Lipinski definition) is 2. The van der Waals surface area contributed by atoms with Crippen molar-refractivity contribution in [2.75, 3.05) is 12.4 Å². The third-order valence-corrected chi connectivity index (χ3v) is 5.39. The average Bonchev–Trinajstić information content (AvgIpc) is 2.60. The molecule has 130 valence electrons. The molecule has 4 rings (SSSR count). The summed E-state index contributed by atoms with van der Waals surface area (Å²) in [6.07, 6.45) is -0.118. The van der Waals surface area contributed by atoms with Gasteiger partial charge < -0.3 is 19.9 Å². The van der Waals surface area contributed by atoms with Crippen LogP contribution in [-0.2, 0) is 16.8 Å². The van der Waals surface area contributed by atoms with Gasteiger partial charge in [-0.2, -0.15) is 0 Å². The van der Waals surface area contributed by atoms with Crippen molar-refractivity contribution in [3.05, 3.63) is 58.7 Å². The molecule has 0 fully saturated rings. The lowest BCUT2D eigenvalue weighted by Gasteiger charge is -2.48. The molecular weight excluding hydrogens is 318 g/mol. The Labute approximate surface area is 146 Å². The average molecular weight is 339 g/mol. The molecule has 2 aromatic carbocycles. The van der Waals surface area contributed by atoms with E-state index >= 15 is 0 Å². The van der Waals surface area contributed by atoms with Crippen molar-refractivity contribution in [3.8, 4) is 5.75 Å². The quantitative estimate of drug-likeness (QED) is 0.872. The number of carbonyl (C=O) groups is 1. The SMILES string of the molecule is COc1cccc2c1[C@@H]1Nc3ccc(C(=O)O)cc3C(C)(C)[C@@H]1OC2. The first-order valence-corrected chi connectivity index (χ1v) is 8.35. The molecule has 0 saturated carbocycles. The molecule has 0 saturated heterocycles. The smallest absolute Gasteiger partial charge is 0.335 e. The highest BCUT2D eigenvalue weighted by Crippen LogP contribution is 2.50. The Morgan fingerprint density at radius 2 is 2.12 bits per heavy atom. The standard InChI is InChI=1S/C20H21NO4/c1-20(2)13-9-11(19(22)23)7-8-14(13)21-17-16-12(10-25-18(17)20)5-4-6-15(16)24-3/h4-9,17-18,21H,10H2,1-3H3,(H,22,23)/t17-,18+/m0/s1. The molecule has 25 heavy (non-hydrogen) atoms.